The first-order valence-electron chi connectivity index (χ1n) is 7.96. The molecule has 3 rings (SSSR count). The fourth-order valence-electron chi connectivity index (χ4n) is 2.69. The molecule has 138 valence electrons. The molecule has 0 N–H and O–H groups in total. The van der Waals surface area contributed by atoms with Gasteiger partial charge in [-0.1, -0.05) is 6.07 Å². The van der Waals surface area contributed by atoms with Gasteiger partial charge in [-0.3, -0.25) is 9.59 Å². The lowest BCUT2D eigenvalue weighted by Crippen LogP contribution is -2.56. The maximum Gasteiger partial charge on any atom is 0.416 e. The molecule has 26 heavy (non-hydrogen) atoms. The van der Waals surface area contributed by atoms with Gasteiger partial charge in [-0.05, 0) is 31.2 Å². The molecule has 2 heterocycles. The lowest BCUT2D eigenvalue weighted by Gasteiger charge is -2.39. The van der Waals surface area contributed by atoms with Crippen molar-refractivity contribution in [2.75, 3.05) is 13.1 Å². The minimum Gasteiger partial charge on any atom is -0.486 e. The van der Waals surface area contributed by atoms with E-state index in [2.05, 4.69) is 0 Å². The van der Waals surface area contributed by atoms with E-state index in [9.17, 15) is 22.8 Å². The Bertz CT molecular complexity index is 899. The predicted molar refractivity (Wildman–Crippen MR) is 88.2 cm³/mol. The second-order valence-electron chi connectivity index (χ2n) is 6.26. The van der Waals surface area contributed by atoms with Crippen LogP contribution in [0.25, 0.3) is 0 Å². The number of hydrogen-bond acceptors (Lipinski definition) is 3. The Morgan fingerprint density at radius 2 is 1.88 bits per heavy atom. The highest BCUT2D eigenvalue weighted by Gasteiger charge is 2.35. The van der Waals surface area contributed by atoms with E-state index in [1.165, 1.54) is 27.7 Å². The number of carbonyl (C=O) groups excluding carboxylic acids is 1. The van der Waals surface area contributed by atoms with E-state index in [1.54, 1.807) is 20.0 Å². The van der Waals surface area contributed by atoms with Crippen LogP contribution >= 0.6 is 0 Å². The number of rotatable bonds is 3. The van der Waals surface area contributed by atoms with E-state index in [0.717, 1.165) is 17.8 Å². The second kappa shape index (κ2) is 6.51. The van der Waals surface area contributed by atoms with E-state index >= 15 is 0 Å². The lowest BCUT2D eigenvalue weighted by atomic mass is 10.1. The Hall–Kier alpha value is -2.77. The fraction of sp³-hybridized carbons (Fsp3) is 0.333. The van der Waals surface area contributed by atoms with Crippen LogP contribution in [0.1, 0.15) is 21.6 Å². The third kappa shape index (κ3) is 3.58. The summed E-state index contributed by atoms with van der Waals surface area (Å²) < 4.78 is 45.4. The average Bonchev–Trinajstić information content (AvgIpc) is 2.54. The molecule has 0 radical (unpaired) electrons. The molecule has 2 aromatic rings. The van der Waals surface area contributed by atoms with Gasteiger partial charge in [0.05, 0.1) is 18.7 Å². The van der Waals surface area contributed by atoms with Crippen molar-refractivity contribution in [2.45, 2.75) is 19.2 Å². The van der Waals surface area contributed by atoms with Crippen molar-refractivity contribution in [1.82, 2.24) is 9.47 Å². The van der Waals surface area contributed by atoms with Crippen molar-refractivity contribution in [2.24, 2.45) is 7.05 Å². The molecule has 0 spiro atoms. The molecule has 0 aliphatic carbocycles. The second-order valence-corrected chi connectivity index (χ2v) is 6.26. The van der Waals surface area contributed by atoms with Crippen LogP contribution in [0.2, 0.25) is 0 Å². The molecule has 1 aliphatic rings. The first kappa shape index (κ1) is 18.0. The Labute approximate surface area is 147 Å². The summed E-state index contributed by atoms with van der Waals surface area (Å²) in [5.41, 5.74) is -0.324. The first-order chi connectivity index (χ1) is 12.1. The molecular weight excluding hydrogens is 349 g/mol. The van der Waals surface area contributed by atoms with E-state index in [-0.39, 0.29) is 30.3 Å². The van der Waals surface area contributed by atoms with Gasteiger partial charge in [0.15, 0.2) is 0 Å². The van der Waals surface area contributed by atoms with Crippen LogP contribution in [0.3, 0.4) is 0 Å². The zero-order valence-electron chi connectivity index (χ0n) is 14.2. The van der Waals surface area contributed by atoms with Crippen LogP contribution in [-0.4, -0.2) is 34.6 Å². The summed E-state index contributed by atoms with van der Waals surface area (Å²) in [5, 5.41) is 0. The fourth-order valence-corrected chi connectivity index (χ4v) is 2.69. The highest BCUT2D eigenvalue weighted by atomic mass is 19.4. The van der Waals surface area contributed by atoms with Crippen molar-refractivity contribution in [3.8, 4) is 5.75 Å². The molecule has 0 unspecified atom stereocenters. The third-order valence-corrected chi connectivity index (χ3v) is 4.35. The topological polar surface area (TPSA) is 51.5 Å². The van der Waals surface area contributed by atoms with Gasteiger partial charge in [0.1, 0.15) is 11.9 Å². The highest BCUT2D eigenvalue weighted by molar-refractivity contribution is 5.95. The summed E-state index contributed by atoms with van der Waals surface area (Å²) in [6.07, 6.45) is -4.79. The maximum atomic E-state index is 12.8. The molecule has 0 saturated carbocycles. The molecule has 0 bridgehead atoms. The van der Waals surface area contributed by atoms with Gasteiger partial charge < -0.3 is 14.2 Å². The number of nitrogens with zero attached hydrogens (tertiary/aromatic N) is 2. The summed E-state index contributed by atoms with van der Waals surface area (Å²) in [6, 6.07) is 7.43. The normalized spacial score (nSPS) is 14.9. The van der Waals surface area contributed by atoms with E-state index < -0.39 is 17.6 Å². The molecule has 1 aromatic carbocycles. The van der Waals surface area contributed by atoms with Gasteiger partial charge in [0, 0.05) is 24.4 Å². The van der Waals surface area contributed by atoms with E-state index in [0.29, 0.717) is 5.75 Å². The predicted octanol–water partition coefficient (Wildman–Crippen LogP) is 2.62. The third-order valence-electron chi connectivity index (χ3n) is 4.35. The van der Waals surface area contributed by atoms with Gasteiger partial charge in [-0.25, -0.2) is 0 Å². The number of amides is 1. The number of benzene rings is 1. The first-order valence-corrected chi connectivity index (χ1v) is 7.96. The molecule has 8 heteroatoms. The summed E-state index contributed by atoms with van der Waals surface area (Å²) in [5.74, 6) is -0.0575. The van der Waals surface area contributed by atoms with Crippen LogP contribution < -0.4 is 10.3 Å². The van der Waals surface area contributed by atoms with Gasteiger partial charge in [0.25, 0.3) is 11.5 Å². The molecule has 1 amide bonds. The summed E-state index contributed by atoms with van der Waals surface area (Å²) in [4.78, 5) is 25.5. The minimum atomic E-state index is -4.49. The Kier molecular flexibility index (Phi) is 4.52. The Balaban J connectivity index is 1.63. The van der Waals surface area contributed by atoms with Crippen LogP contribution in [0, 0.1) is 6.92 Å². The monoisotopic (exact) mass is 366 g/mol. The smallest absolute Gasteiger partial charge is 0.416 e. The average molecular weight is 366 g/mol. The molecule has 1 aromatic heterocycles. The largest absolute Gasteiger partial charge is 0.486 e. The summed E-state index contributed by atoms with van der Waals surface area (Å²) in [6.45, 7) is 2.28. The van der Waals surface area contributed by atoms with Crippen LogP contribution in [0.15, 0.2) is 41.2 Å². The molecule has 1 aliphatic heterocycles. The number of alkyl halides is 3. The van der Waals surface area contributed by atoms with E-state index in [1.807, 2.05) is 0 Å². The van der Waals surface area contributed by atoms with Gasteiger partial charge in [-0.15, -0.1) is 0 Å². The number of aromatic nitrogens is 1. The number of pyridine rings is 1. The number of aryl methyl sites for hydroxylation is 1. The van der Waals surface area contributed by atoms with Gasteiger partial charge in [-0.2, -0.15) is 13.2 Å². The maximum absolute atomic E-state index is 12.8. The lowest BCUT2D eigenvalue weighted by molar-refractivity contribution is -0.137. The molecule has 1 fully saturated rings. The quantitative estimate of drug-likeness (QED) is 0.839. The van der Waals surface area contributed by atoms with E-state index in [4.69, 9.17) is 4.74 Å². The minimum absolute atomic E-state index is 0.0114. The molecule has 1 saturated heterocycles. The molecule has 5 nitrogen and oxygen atoms in total. The zero-order valence-corrected chi connectivity index (χ0v) is 14.2. The summed E-state index contributed by atoms with van der Waals surface area (Å²) >= 11 is 0. The number of hydrogen-bond donors (Lipinski definition) is 0. The van der Waals surface area contributed by atoms with Gasteiger partial charge in [0.2, 0.25) is 0 Å². The van der Waals surface area contributed by atoms with Gasteiger partial charge >= 0.3 is 6.18 Å². The Morgan fingerprint density at radius 1 is 1.19 bits per heavy atom. The van der Waals surface area contributed by atoms with Crippen molar-refractivity contribution in [3.63, 3.8) is 0 Å². The molecular formula is C18H17F3N2O3. The van der Waals surface area contributed by atoms with Crippen LogP contribution in [0.4, 0.5) is 13.2 Å². The number of ether oxygens (including phenoxy) is 1. The number of carbonyl (C=O) groups is 1. The van der Waals surface area contributed by atoms with Crippen molar-refractivity contribution < 1.29 is 22.7 Å². The van der Waals surface area contributed by atoms with Crippen molar-refractivity contribution in [3.05, 3.63) is 63.6 Å². The van der Waals surface area contributed by atoms with Crippen LogP contribution in [-0.2, 0) is 13.2 Å². The number of likely N-dealkylation sites (tertiary alicyclic amines) is 1. The summed E-state index contributed by atoms with van der Waals surface area (Å²) in [7, 11) is 1.65. The zero-order chi connectivity index (χ0) is 19.1. The highest BCUT2D eigenvalue weighted by Crippen LogP contribution is 2.30. The Morgan fingerprint density at radius 3 is 2.50 bits per heavy atom. The SMILES string of the molecule is Cc1cc(OC2CN(C(=O)c3cccc(C(F)(F)F)c3)C2)cc(=O)n1C. The molecule has 0 atom stereocenters. The van der Waals surface area contributed by atoms with Crippen LogP contribution in [0.5, 0.6) is 5.75 Å². The van der Waals surface area contributed by atoms with Crippen molar-refractivity contribution in [1.29, 1.82) is 0 Å². The van der Waals surface area contributed by atoms with Crippen molar-refractivity contribution >= 4 is 5.91 Å². The standard InChI is InChI=1S/C18H17F3N2O3/c1-11-6-14(8-16(24)22(11)2)26-15-9-23(10-15)17(25)12-4-3-5-13(7-12)18(19,20)21/h3-8,15H,9-10H2,1-2H3. The number of halogens is 3.